The second kappa shape index (κ2) is 9.38. The molecule has 2 aromatic heterocycles. The Hall–Kier alpha value is -1.34. The van der Waals surface area contributed by atoms with Gasteiger partial charge in [-0.25, -0.2) is 4.98 Å². The van der Waals surface area contributed by atoms with Crippen molar-refractivity contribution in [2.24, 2.45) is 5.41 Å². The van der Waals surface area contributed by atoms with Crippen LogP contribution < -0.4 is 10.6 Å². The summed E-state index contributed by atoms with van der Waals surface area (Å²) in [4.78, 5) is 16.9. The average Bonchev–Trinajstić information content (AvgIpc) is 2.97. The van der Waals surface area contributed by atoms with Gasteiger partial charge in [0.2, 0.25) is 0 Å². The number of hydrogen-bond donors (Lipinski definition) is 2. The largest absolute Gasteiger partial charge is 0.384 e. The molecule has 2 aromatic rings. The minimum absolute atomic E-state index is 0. The molecule has 0 aliphatic carbocycles. The van der Waals surface area contributed by atoms with Gasteiger partial charge in [0.1, 0.15) is 11.3 Å². The molecule has 6 nitrogen and oxygen atoms in total. The standard InChI is InChI=1S/C17H24N4O2.2ClH/c1-13-3-8-21-10-14(20-15(21)9-13)16(22)19-11-17(12-23-2)4-6-18-7-5-17;;/h3,8-10,18H,4-7,11-12H2,1-2H3,(H,19,22);2*1H. The molecule has 1 aliphatic rings. The van der Waals surface area contributed by atoms with Crippen LogP contribution in [-0.2, 0) is 4.74 Å². The monoisotopic (exact) mass is 388 g/mol. The highest BCUT2D eigenvalue weighted by atomic mass is 35.5. The number of methoxy groups -OCH3 is 1. The first-order chi connectivity index (χ1) is 11.1. The molecule has 2 N–H and O–H groups in total. The third kappa shape index (κ3) is 5.07. The molecular weight excluding hydrogens is 363 g/mol. The first-order valence-electron chi connectivity index (χ1n) is 8.05. The Labute approximate surface area is 160 Å². The molecule has 1 saturated heterocycles. The van der Waals surface area contributed by atoms with Crippen LogP contribution in [0.1, 0.15) is 28.9 Å². The molecule has 0 spiro atoms. The zero-order valence-electron chi connectivity index (χ0n) is 14.6. The Balaban J connectivity index is 0.00000156. The quantitative estimate of drug-likeness (QED) is 0.823. The van der Waals surface area contributed by atoms with Crippen molar-refractivity contribution >= 4 is 36.4 Å². The lowest BCUT2D eigenvalue weighted by molar-refractivity contribution is 0.0511. The number of aryl methyl sites for hydroxylation is 1. The predicted octanol–water partition coefficient (Wildman–Crippen LogP) is 2.23. The average molecular weight is 389 g/mol. The van der Waals surface area contributed by atoms with Crippen LogP contribution in [0.15, 0.2) is 24.5 Å². The smallest absolute Gasteiger partial charge is 0.271 e. The predicted molar refractivity (Wildman–Crippen MR) is 103 cm³/mol. The van der Waals surface area contributed by atoms with Crippen molar-refractivity contribution in [1.29, 1.82) is 0 Å². The Morgan fingerprint density at radius 2 is 2.12 bits per heavy atom. The SMILES string of the molecule is COCC1(CNC(=O)c2cn3ccc(C)cc3n2)CCNCC1.Cl.Cl. The van der Waals surface area contributed by atoms with Crippen LogP contribution in [-0.4, -0.2) is 48.6 Å². The Morgan fingerprint density at radius 3 is 2.80 bits per heavy atom. The number of ether oxygens (including phenoxy) is 1. The number of aromatic nitrogens is 2. The molecule has 0 radical (unpaired) electrons. The third-order valence-corrected chi connectivity index (χ3v) is 4.59. The van der Waals surface area contributed by atoms with Gasteiger partial charge in [0.25, 0.3) is 5.91 Å². The first-order valence-corrected chi connectivity index (χ1v) is 8.05. The third-order valence-electron chi connectivity index (χ3n) is 4.59. The number of piperidine rings is 1. The van der Waals surface area contributed by atoms with Crippen LogP contribution in [0.5, 0.6) is 0 Å². The van der Waals surface area contributed by atoms with Gasteiger partial charge in [-0.1, -0.05) is 0 Å². The number of fused-ring (bicyclic) bond motifs is 1. The normalized spacial score (nSPS) is 15.9. The molecule has 140 valence electrons. The van der Waals surface area contributed by atoms with Crippen LogP contribution in [0, 0.1) is 12.3 Å². The van der Waals surface area contributed by atoms with E-state index in [0.29, 0.717) is 18.8 Å². The summed E-state index contributed by atoms with van der Waals surface area (Å²) in [5.74, 6) is -0.125. The van der Waals surface area contributed by atoms with Gasteiger partial charge in [-0.2, -0.15) is 0 Å². The summed E-state index contributed by atoms with van der Waals surface area (Å²) in [5, 5.41) is 6.40. The number of amides is 1. The molecule has 1 amide bonds. The lowest BCUT2D eigenvalue weighted by atomic mass is 9.79. The summed E-state index contributed by atoms with van der Waals surface area (Å²) < 4.78 is 7.26. The fourth-order valence-electron chi connectivity index (χ4n) is 3.19. The number of carbonyl (C=O) groups excluding carboxylic acids is 1. The van der Waals surface area contributed by atoms with E-state index in [0.717, 1.165) is 37.1 Å². The van der Waals surface area contributed by atoms with Crippen molar-refractivity contribution in [3.8, 4) is 0 Å². The zero-order chi connectivity index (χ0) is 16.3. The minimum Gasteiger partial charge on any atom is -0.384 e. The van der Waals surface area contributed by atoms with Gasteiger partial charge < -0.3 is 19.8 Å². The lowest BCUT2D eigenvalue weighted by Crippen LogP contribution is -2.47. The van der Waals surface area contributed by atoms with E-state index in [2.05, 4.69) is 15.6 Å². The van der Waals surface area contributed by atoms with Crippen LogP contribution in [0.4, 0.5) is 0 Å². The van der Waals surface area contributed by atoms with Crippen LogP contribution in [0.2, 0.25) is 0 Å². The lowest BCUT2D eigenvalue weighted by Gasteiger charge is -2.37. The van der Waals surface area contributed by atoms with Gasteiger partial charge in [0.05, 0.1) is 6.61 Å². The fraction of sp³-hybridized carbons (Fsp3) is 0.529. The number of carbonyl (C=O) groups is 1. The summed E-state index contributed by atoms with van der Waals surface area (Å²) in [7, 11) is 1.72. The molecule has 1 aliphatic heterocycles. The molecule has 25 heavy (non-hydrogen) atoms. The number of halogens is 2. The van der Waals surface area contributed by atoms with E-state index >= 15 is 0 Å². The molecule has 0 saturated carbocycles. The highest BCUT2D eigenvalue weighted by Crippen LogP contribution is 2.28. The Bertz CT molecular complexity index is 694. The fourth-order valence-corrected chi connectivity index (χ4v) is 3.19. The topological polar surface area (TPSA) is 67.7 Å². The van der Waals surface area contributed by atoms with E-state index in [1.54, 1.807) is 13.3 Å². The van der Waals surface area contributed by atoms with Crippen molar-refractivity contribution in [3.05, 3.63) is 35.8 Å². The van der Waals surface area contributed by atoms with Gasteiger partial charge in [-0.05, 0) is 50.6 Å². The summed E-state index contributed by atoms with van der Waals surface area (Å²) >= 11 is 0. The molecule has 0 bridgehead atoms. The molecule has 3 heterocycles. The van der Waals surface area contributed by atoms with E-state index in [1.165, 1.54) is 0 Å². The molecule has 0 unspecified atom stereocenters. The Kier molecular flexibility index (Phi) is 8.15. The van der Waals surface area contributed by atoms with Crippen molar-refractivity contribution in [2.75, 3.05) is 33.4 Å². The van der Waals surface area contributed by atoms with Gasteiger partial charge in [-0.15, -0.1) is 24.8 Å². The number of nitrogens with one attached hydrogen (secondary N) is 2. The number of pyridine rings is 1. The van der Waals surface area contributed by atoms with Crippen molar-refractivity contribution in [1.82, 2.24) is 20.0 Å². The highest BCUT2D eigenvalue weighted by Gasteiger charge is 2.32. The molecule has 0 aromatic carbocycles. The van der Waals surface area contributed by atoms with E-state index in [4.69, 9.17) is 4.74 Å². The zero-order valence-corrected chi connectivity index (χ0v) is 16.2. The number of rotatable bonds is 5. The van der Waals surface area contributed by atoms with Gasteiger partial charge >= 0.3 is 0 Å². The second-order valence-corrected chi connectivity index (χ2v) is 6.46. The van der Waals surface area contributed by atoms with Gasteiger partial charge in [0.15, 0.2) is 0 Å². The number of nitrogens with zero attached hydrogens (tertiary/aromatic N) is 2. The molecular formula is C17H26Cl2N4O2. The maximum atomic E-state index is 12.4. The molecule has 0 atom stereocenters. The minimum atomic E-state index is -0.125. The maximum Gasteiger partial charge on any atom is 0.271 e. The van der Waals surface area contributed by atoms with E-state index in [-0.39, 0.29) is 36.1 Å². The second-order valence-electron chi connectivity index (χ2n) is 6.46. The summed E-state index contributed by atoms with van der Waals surface area (Å²) in [6, 6.07) is 3.97. The number of imidazole rings is 1. The van der Waals surface area contributed by atoms with E-state index in [1.807, 2.05) is 29.7 Å². The van der Waals surface area contributed by atoms with E-state index < -0.39 is 0 Å². The van der Waals surface area contributed by atoms with Crippen molar-refractivity contribution in [2.45, 2.75) is 19.8 Å². The summed E-state index contributed by atoms with van der Waals surface area (Å²) in [6.07, 6.45) is 5.71. The van der Waals surface area contributed by atoms with Gasteiger partial charge in [-0.3, -0.25) is 4.79 Å². The maximum absolute atomic E-state index is 12.4. The molecule has 3 rings (SSSR count). The molecule has 1 fully saturated rings. The molecule has 8 heteroatoms. The highest BCUT2D eigenvalue weighted by molar-refractivity contribution is 5.92. The Morgan fingerprint density at radius 1 is 1.40 bits per heavy atom. The number of hydrogen-bond acceptors (Lipinski definition) is 4. The van der Waals surface area contributed by atoms with Gasteiger partial charge in [0, 0.05) is 31.5 Å². The summed E-state index contributed by atoms with van der Waals surface area (Å²) in [5.41, 5.74) is 2.40. The van der Waals surface area contributed by atoms with Crippen LogP contribution in [0.3, 0.4) is 0 Å². The van der Waals surface area contributed by atoms with E-state index in [9.17, 15) is 4.79 Å². The summed E-state index contributed by atoms with van der Waals surface area (Å²) in [6.45, 7) is 5.23. The van der Waals surface area contributed by atoms with Crippen LogP contribution >= 0.6 is 24.8 Å². The van der Waals surface area contributed by atoms with Crippen LogP contribution in [0.25, 0.3) is 5.65 Å². The first kappa shape index (κ1) is 21.7. The van der Waals surface area contributed by atoms with Crippen molar-refractivity contribution < 1.29 is 9.53 Å². The van der Waals surface area contributed by atoms with Crippen molar-refractivity contribution in [3.63, 3.8) is 0 Å².